The molecule has 1 fully saturated rings. The Morgan fingerprint density at radius 3 is 2.60 bits per heavy atom. The van der Waals surface area contributed by atoms with Gasteiger partial charge in [0, 0.05) is 13.1 Å². The second kappa shape index (κ2) is 6.81. The number of hydrogen-bond acceptors (Lipinski definition) is 3. The Bertz CT molecular complexity index is 442. The van der Waals surface area contributed by atoms with Crippen molar-refractivity contribution in [3.05, 3.63) is 35.6 Å². The first-order valence-electron chi connectivity index (χ1n) is 7.00. The number of likely N-dealkylation sites (tertiary alicyclic amines) is 1. The number of piperidine rings is 1. The minimum absolute atomic E-state index is 0.0433. The zero-order valence-corrected chi connectivity index (χ0v) is 11.7. The lowest BCUT2D eigenvalue weighted by Crippen LogP contribution is -2.43. The highest BCUT2D eigenvalue weighted by Crippen LogP contribution is 2.13. The second-order valence-electron chi connectivity index (χ2n) is 5.35. The van der Waals surface area contributed by atoms with Crippen molar-refractivity contribution < 1.29 is 14.3 Å². The van der Waals surface area contributed by atoms with E-state index in [4.69, 9.17) is 0 Å². The van der Waals surface area contributed by atoms with Crippen LogP contribution in [0.5, 0.6) is 0 Å². The lowest BCUT2D eigenvalue weighted by molar-refractivity contribution is -0.123. The first-order chi connectivity index (χ1) is 9.54. The van der Waals surface area contributed by atoms with Gasteiger partial charge in [0.25, 0.3) is 0 Å². The third-order valence-corrected chi connectivity index (χ3v) is 3.67. The molecule has 1 unspecified atom stereocenters. The van der Waals surface area contributed by atoms with Gasteiger partial charge in [0.15, 0.2) is 0 Å². The number of aliphatic hydroxyl groups is 1. The Labute approximate surface area is 118 Å². The summed E-state index contributed by atoms with van der Waals surface area (Å²) in [5, 5.41) is 12.3. The summed E-state index contributed by atoms with van der Waals surface area (Å²) in [7, 11) is 0. The molecule has 110 valence electrons. The van der Waals surface area contributed by atoms with Crippen molar-refractivity contribution in [1.82, 2.24) is 10.2 Å². The van der Waals surface area contributed by atoms with Crippen molar-refractivity contribution in [2.75, 3.05) is 19.6 Å². The number of nitrogens with zero attached hydrogens (tertiary/aromatic N) is 1. The largest absolute Gasteiger partial charge is 0.393 e. The molecule has 1 atom stereocenters. The molecule has 1 aliphatic rings. The summed E-state index contributed by atoms with van der Waals surface area (Å²) in [4.78, 5) is 14.0. The maximum Gasteiger partial charge on any atom is 0.234 e. The smallest absolute Gasteiger partial charge is 0.234 e. The number of rotatable bonds is 4. The molecule has 1 aromatic carbocycles. The molecule has 4 nitrogen and oxygen atoms in total. The predicted molar refractivity (Wildman–Crippen MR) is 74.6 cm³/mol. The quantitative estimate of drug-likeness (QED) is 0.878. The van der Waals surface area contributed by atoms with Crippen LogP contribution in [-0.2, 0) is 4.79 Å². The summed E-state index contributed by atoms with van der Waals surface area (Å²) in [6, 6.07) is 6.00. The molecular formula is C15H21FN2O2. The maximum absolute atomic E-state index is 12.8. The number of carbonyl (C=O) groups is 1. The van der Waals surface area contributed by atoms with Crippen LogP contribution in [-0.4, -0.2) is 41.7 Å². The number of carbonyl (C=O) groups excluding carboxylic acids is 1. The van der Waals surface area contributed by atoms with E-state index in [0.717, 1.165) is 31.5 Å². The molecule has 1 aromatic rings. The van der Waals surface area contributed by atoms with Crippen LogP contribution in [0.1, 0.15) is 31.4 Å². The Balaban J connectivity index is 1.80. The molecule has 0 saturated carbocycles. The molecule has 2 N–H and O–H groups in total. The molecule has 0 spiro atoms. The van der Waals surface area contributed by atoms with Crippen LogP contribution in [0.2, 0.25) is 0 Å². The van der Waals surface area contributed by atoms with Gasteiger partial charge in [-0.25, -0.2) is 4.39 Å². The normalized spacial score (nSPS) is 18.8. The molecule has 0 aromatic heterocycles. The minimum Gasteiger partial charge on any atom is -0.393 e. The molecule has 0 aliphatic carbocycles. The second-order valence-corrected chi connectivity index (χ2v) is 5.35. The van der Waals surface area contributed by atoms with Crippen LogP contribution in [0.15, 0.2) is 24.3 Å². The number of aliphatic hydroxyl groups excluding tert-OH is 1. The van der Waals surface area contributed by atoms with E-state index in [2.05, 4.69) is 5.32 Å². The van der Waals surface area contributed by atoms with Crippen molar-refractivity contribution in [2.45, 2.75) is 31.9 Å². The van der Waals surface area contributed by atoms with E-state index in [1.54, 1.807) is 12.1 Å². The van der Waals surface area contributed by atoms with Gasteiger partial charge in [0.1, 0.15) is 5.82 Å². The third kappa shape index (κ3) is 4.28. The average molecular weight is 280 g/mol. The number of amides is 1. The highest BCUT2D eigenvalue weighted by atomic mass is 19.1. The number of halogens is 1. The van der Waals surface area contributed by atoms with Gasteiger partial charge in [-0.1, -0.05) is 12.1 Å². The minimum atomic E-state index is -0.279. The lowest BCUT2D eigenvalue weighted by atomic mass is 10.1. The van der Waals surface area contributed by atoms with E-state index >= 15 is 0 Å². The van der Waals surface area contributed by atoms with Crippen LogP contribution >= 0.6 is 0 Å². The van der Waals surface area contributed by atoms with Crippen LogP contribution in [0.25, 0.3) is 0 Å². The van der Waals surface area contributed by atoms with Crippen LogP contribution in [0.4, 0.5) is 4.39 Å². The fraction of sp³-hybridized carbons (Fsp3) is 0.533. The molecular weight excluding hydrogens is 259 g/mol. The van der Waals surface area contributed by atoms with Gasteiger partial charge in [0.05, 0.1) is 18.7 Å². The monoisotopic (exact) mass is 280 g/mol. The SMILES string of the molecule is CC(NC(=O)CN1CCC(O)CC1)c1ccc(F)cc1. The number of benzene rings is 1. The molecule has 1 aliphatic heterocycles. The molecule has 5 heteroatoms. The van der Waals surface area contributed by atoms with E-state index < -0.39 is 0 Å². The molecule has 1 amide bonds. The van der Waals surface area contributed by atoms with Gasteiger partial charge in [-0.05, 0) is 37.5 Å². The topological polar surface area (TPSA) is 52.6 Å². The third-order valence-electron chi connectivity index (χ3n) is 3.67. The molecule has 0 bridgehead atoms. The number of hydrogen-bond donors (Lipinski definition) is 2. The summed E-state index contributed by atoms with van der Waals surface area (Å²) < 4.78 is 12.8. The molecule has 0 radical (unpaired) electrons. The zero-order valence-electron chi connectivity index (χ0n) is 11.7. The lowest BCUT2D eigenvalue weighted by Gasteiger charge is -2.29. The van der Waals surface area contributed by atoms with Crippen molar-refractivity contribution in [3.8, 4) is 0 Å². The van der Waals surface area contributed by atoms with Crippen molar-refractivity contribution >= 4 is 5.91 Å². The molecule has 1 saturated heterocycles. The highest BCUT2D eigenvalue weighted by molar-refractivity contribution is 5.78. The van der Waals surface area contributed by atoms with Gasteiger partial charge in [-0.15, -0.1) is 0 Å². The fourth-order valence-corrected chi connectivity index (χ4v) is 2.40. The predicted octanol–water partition coefficient (Wildman–Crippen LogP) is 1.46. The first-order valence-corrected chi connectivity index (χ1v) is 7.00. The highest BCUT2D eigenvalue weighted by Gasteiger charge is 2.19. The summed E-state index contributed by atoms with van der Waals surface area (Å²) in [6.07, 6.45) is 1.22. The van der Waals surface area contributed by atoms with Crippen LogP contribution in [0.3, 0.4) is 0 Å². The number of nitrogens with one attached hydrogen (secondary N) is 1. The van der Waals surface area contributed by atoms with E-state index in [1.807, 2.05) is 11.8 Å². The van der Waals surface area contributed by atoms with E-state index in [1.165, 1.54) is 12.1 Å². The van der Waals surface area contributed by atoms with Gasteiger partial charge in [-0.2, -0.15) is 0 Å². The standard InChI is InChI=1S/C15H21FN2O2/c1-11(12-2-4-13(16)5-3-12)17-15(20)10-18-8-6-14(19)7-9-18/h2-5,11,14,19H,6-10H2,1H3,(H,17,20). The molecule has 20 heavy (non-hydrogen) atoms. The van der Waals surface area contributed by atoms with Gasteiger partial charge >= 0.3 is 0 Å². The van der Waals surface area contributed by atoms with Crippen molar-refractivity contribution in [3.63, 3.8) is 0 Å². The Morgan fingerprint density at radius 1 is 1.40 bits per heavy atom. The van der Waals surface area contributed by atoms with Gasteiger partial charge < -0.3 is 10.4 Å². The van der Waals surface area contributed by atoms with Crippen molar-refractivity contribution in [2.24, 2.45) is 0 Å². The summed E-state index contributed by atoms with van der Waals surface area (Å²) in [5.41, 5.74) is 0.883. The average Bonchev–Trinajstić information content (AvgIpc) is 2.42. The van der Waals surface area contributed by atoms with Crippen molar-refractivity contribution in [1.29, 1.82) is 0 Å². The Hall–Kier alpha value is -1.46. The first kappa shape index (κ1) is 14.9. The summed E-state index contributed by atoms with van der Waals surface area (Å²) >= 11 is 0. The van der Waals surface area contributed by atoms with Crippen LogP contribution < -0.4 is 5.32 Å². The summed E-state index contributed by atoms with van der Waals surface area (Å²) in [6.45, 7) is 3.72. The molecule has 2 rings (SSSR count). The maximum atomic E-state index is 12.8. The van der Waals surface area contributed by atoms with Gasteiger partial charge in [-0.3, -0.25) is 9.69 Å². The summed E-state index contributed by atoms with van der Waals surface area (Å²) in [5.74, 6) is -0.322. The van der Waals surface area contributed by atoms with Crippen LogP contribution in [0, 0.1) is 5.82 Å². The fourth-order valence-electron chi connectivity index (χ4n) is 2.40. The molecule has 1 heterocycles. The van der Waals surface area contributed by atoms with E-state index in [9.17, 15) is 14.3 Å². The Morgan fingerprint density at radius 2 is 2.00 bits per heavy atom. The zero-order chi connectivity index (χ0) is 14.5. The Kier molecular flexibility index (Phi) is 5.09. The van der Waals surface area contributed by atoms with E-state index in [0.29, 0.717) is 6.54 Å². The van der Waals surface area contributed by atoms with Gasteiger partial charge in [0.2, 0.25) is 5.91 Å². The van der Waals surface area contributed by atoms with E-state index in [-0.39, 0.29) is 23.9 Å².